The number of rotatable bonds is 4. The van der Waals surface area contributed by atoms with E-state index in [9.17, 15) is 4.79 Å². The number of amides is 1. The maximum atomic E-state index is 12.1. The minimum absolute atomic E-state index is 0.232. The molecule has 0 radical (unpaired) electrons. The molecule has 6 heteroatoms. The Hall–Kier alpha value is -1.98. The van der Waals surface area contributed by atoms with E-state index >= 15 is 0 Å². The lowest BCUT2D eigenvalue weighted by Gasteiger charge is -2.36. The molecule has 2 heterocycles. The number of ether oxygens (including phenoxy) is 2. The zero-order chi connectivity index (χ0) is 17.2. The van der Waals surface area contributed by atoms with Gasteiger partial charge >= 0.3 is 6.09 Å². The van der Waals surface area contributed by atoms with Crippen LogP contribution in [-0.4, -0.2) is 54.4 Å². The lowest BCUT2D eigenvalue weighted by Crippen LogP contribution is -2.50. The van der Waals surface area contributed by atoms with Gasteiger partial charge in [0.05, 0.1) is 18.5 Å². The second-order valence-electron chi connectivity index (χ2n) is 7.56. The van der Waals surface area contributed by atoms with Gasteiger partial charge in [-0.15, -0.1) is 0 Å². The molecule has 1 amide bonds. The van der Waals surface area contributed by atoms with Crippen LogP contribution in [0.1, 0.15) is 33.6 Å². The number of nitrogens with zero attached hydrogens (tertiary/aromatic N) is 3. The molecule has 2 fully saturated rings. The van der Waals surface area contributed by atoms with Crippen molar-refractivity contribution in [1.29, 1.82) is 0 Å². The van der Waals surface area contributed by atoms with E-state index in [4.69, 9.17) is 9.47 Å². The molecule has 1 aromatic rings. The summed E-state index contributed by atoms with van der Waals surface area (Å²) in [5.74, 6) is 1.42. The van der Waals surface area contributed by atoms with Crippen LogP contribution in [0.25, 0.3) is 0 Å². The van der Waals surface area contributed by atoms with Gasteiger partial charge in [0.25, 0.3) is 0 Å². The fourth-order valence-corrected chi connectivity index (χ4v) is 2.61. The monoisotopic (exact) mass is 333 g/mol. The molecule has 132 valence electrons. The van der Waals surface area contributed by atoms with Crippen LogP contribution in [0, 0.1) is 5.92 Å². The van der Waals surface area contributed by atoms with Crippen molar-refractivity contribution in [1.82, 2.24) is 9.88 Å². The predicted octanol–water partition coefficient (Wildman–Crippen LogP) is 2.93. The summed E-state index contributed by atoms with van der Waals surface area (Å²) in [6, 6.07) is 3.97. The number of hydrogen-bond acceptors (Lipinski definition) is 5. The van der Waals surface area contributed by atoms with Crippen molar-refractivity contribution in [2.45, 2.75) is 39.2 Å². The van der Waals surface area contributed by atoms with Gasteiger partial charge in [-0.3, -0.25) is 0 Å². The van der Waals surface area contributed by atoms with E-state index in [0.717, 1.165) is 31.3 Å². The summed E-state index contributed by atoms with van der Waals surface area (Å²) < 4.78 is 11.1. The molecule has 0 aromatic carbocycles. The van der Waals surface area contributed by atoms with E-state index in [1.807, 2.05) is 39.1 Å². The second kappa shape index (κ2) is 6.87. The number of anilines is 1. The number of carbonyl (C=O) groups is 1. The minimum Gasteiger partial charge on any atom is -0.477 e. The third-order valence-corrected chi connectivity index (χ3v) is 4.18. The number of hydrogen-bond donors (Lipinski definition) is 0. The van der Waals surface area contributed by atoms with Crippen LogP contribution in [-0.2, 0) is 4.74 Å². The normalized spacial score (nSPS) is 18.5. The Morgan fingerprint density at radius 2 is 1.92 bits per heavy atom. The predicted molar refractivity (Wildman–Crippen MR) is 92.5 cm³/mol. The second-order valence-corrected chi connectivity index (χ2v) is 7.56. The Morgan fingerprint density at radius 1 is 1.21 bits per heavy atom. The fraction of sp³-hybridized carbons (Fsp3) is 0.667. The number of carbonyl (C=O) groups excluding carboxylic acids is 1. The highest BCUT2D eigenvalue weighted by atomic mass is 16.6. The molecule has 1 saturated heterocycles. The first kappa shape index (κ1) is 16.9. The summed E-state index contributed by atoms with van der Waals surface area (Å²) in [5, 5.41) is 0. The fourth-order valence-electron chi connectivity index (χ4n) is 2.61. The minimum atomic E-state index is -0.450. The van der Waals surface area contributed by atoms with Gasteiger partial charge in [0.1, 0.15) is 5.60 Å². The largest absolute Gasteiger partial charge is 0.477 e. The quantitative estimate of drug-likeness (QED) is 0.848. The molecule has 1 saturated carbocycles. The molecule has 2 aliphatic rings. The SMILES string of the molecule is CC(C)(C)OC(=O)N1CCN(c2ccc(OCC3CC3)nc2)CC1. The molecule has 1 aromatic heterocycles. The number of aromatic nitrogens is 1. The molecule has 6 nitrogen and oxygen atoms in total. The molecule has 24 heavy (non-hydrogen) atoms. The molecule has 0 bridgehead atoms. The third-order valence-electron chi connectivity index (χ3n) is 4.18. The van der Waals surface area contributed by atoms with E-state index in [0.29, 0.717) is 19.0 Å². The van der Waals surface area contributed by atoms with Gasteiger partial charge < -0.3 is 19.3 Å². The molecule has 1 aliphatic heterocycles. The van der Waals surface area contributed by atoms with Gasteiger partial charge in [-0.05, 0) is 45.6 Å². The standard InChI is InChI=1S/C18H27N3O3/c1-18(2,3)24-17(22)21-10-8-20(9-11-21)15-6-7-16(19-12-15)23-13-14-4-5-14/h6-7,12,14H,4-5,8-11,13H2,1-3H3. The first-order chi connectivity index (χ1) is 11.4. The van der Waals surface area contributed by atoms with Crippen LogP contribution < -0.4 is 9.64 Å². The first-order valence-electron chi connectivity index (χ1n) is 8.72. The van der Waals surface area contributed by atoms with Crippen LogP contribution in [0.3, 0.4) is 0 Å². The maximum absolute atomic E-state index is 12.1. The Kier molecular flexibility index (Phi) is 4.83. The molecular weight excluding hydrogens is 306 g/mol. The molecule has 0 atom stereocenters. The van der Waals surface area contributed by atoms with Crippen molar-refractivity contribution in [3.05, 3.63) is 18.3 Å². The Morgan fingerprint density at radius 3 is 2.46 bits per heavy atom. The topological polar surface area (TPSA) is 54.9 Å². The van der Waals surface area contributed by atoms with Crippen molar-refractivity contribution in [3.63, 3.8) is 0 Å². The van der Waals surface area contributed by atoms with Gasteiger partial charge in [0.15, 0.2) is 0 Å². The van der Waals surface area contributed by atoms with Crippen LogP contribution in [0.4, 0.5) is 10.5 Å². The molecule has 3 rings (SSSR count). The van der Waals surface area contributed by atoms with Crippen LogP contribution >= 0.6 is 0 Å². The smallest absolute Gasteiger partial charge is 0.410 e. The third kappa shape index (κ3) is 4.76. The Bertz CT molecular complexity index is 556. The van der Waals surface area contributed by atoms with Gasteiger partial charge in [0.2, 0.25) is 5.88 Å². The summed E-state index contributed by atoms with van der Waals surface area (Å²) in [4.78, 5) is 20.5. The van der Waals surface area contributed by atoms with Gasteiger partial charge in [-0.25, -0.2) is 9.78 Å². The van der Waals surface area contributed by atoms with Crippen LogP contribution in [0.5, 0.6) is 5.88 Å². The first-order valence-corrected chi connectivity index (χ1v) is 8.72. The lowest BCUT2D eigenvalue weighted by molar-refractivity contribution is 0.0240. The molecule has 0 unspecified atom stereocenters. The average molecular weight is 333 g/mol. The summed E-state index contributed by atoms with van der Waals surface area (Å²) >= 11 is 0. The molecule has 0 spiro atoms. The van der Waals surface area contributed by atoms with Crippen molar-refractivity contribution in [2.24, 2.45) is 5.92 Å². The van der Waals surface area contributed by atoms with E-state index in [-0.39, 0.29) is 6.09 Å². The van der Waals surface area contributed by atoms with Crippen molar-refractivity contribution in [2.75, 3.05) is 37.7 Å². The Labute approximate surface area is 143 Å². The zero-order valence-corrected chi connectivity index (χ0v) is 14.8. The average Bonchev–Trinajstić information content (AvgIpc) is 3.36. The van der Waals surface area contributed by atoms with Gasteiger partial charge in [-0.1, -0.05) is 0 Å². The van der Waals surface area contributed by atoms with Gasteiger partial charge in [0, 0.05) is 32.2 Å². The highest BCUT2D eigenvalue weighted by Gasteiger charge is 2.26. The molecule has 1 aliphatic carbocycles. The Balaban J connectivity index is 1.48. The van der Waals surface area contributed by atoms with E-state index < -0.39 is 5.60 Å². The van der Waals surface area contributed by atoms with E-state index in [1.54, 1.807) is 4.90 Å². The summed E-state index contributed by atoms with van der Waals surface area (Å²) in [7, 11) is 0. The van der Waals surface area contributed by atoms with Crippen LogP contribution in [0.15, 0.2) is 18.3 Å². The summed E-state index contributed by atoms with van der Waals surface area (Å²) in [6.07, 6.45) is 4.18. The summed E-state index contributed by atoms with van der Waals surface area (Å²) in [6.45, 7) is 9.33. The lowest BCUT2D eigenvalue weighted by atomic mass is 10.2. The van der Waals surface area contributed by atoms with Gasteiger partial charge in [-0.2, -0.15) is 0 Å². The van der Waals surface area contributed by atoms with Crippen molar-refractivity contribution < 1.29 is 14.3 Å². The van der Waals surface area contributed by atoms with Crippen molar-refractivity contribution >= 4 is 11.8 Å². The summed E-state index contributed by atoms with van der Waals surface area (Å²) in [5.41, 5.74) is 0.617. The van der Waals surface area contributed by atoms with E-state index in [1.165, 1.54) is 12.8 Å². The maximum Gasteiger partial charge on any atom is 0.410 e. The van der Waals surface area contributed by atoms with E-state index in [2.05, 4.69) is 9.88 Å². The molecule has 0 N–H and O–H groups in total. The van der Waals surface area contributed by atoms with Crippen molar-refractivity contribution in [3.8, 4) is 5.88 Å². The van der Waals surface area contributed by atoms with Crippen LogP contribution in [0.2, 0.25) is 0 Å². The molecular formula is C18H27N3O3. The highest BCUT2D eigenvalue weighted by molar-refractivity contribution is 5.68. The number of pyridine rings is 1. The number of piperazine rings is 1. The highest BCUT2D eigenvalue weighted by Crippen LogP contribution is 2.29. The zero-order valence-electron chi connectivity index (χ0n) is 14.8.